The molecular formula is C19H22O4. The van der Waals surface area contributed by atoms with Crippen LogP contribution in [-0.4, -0.2) is 26.0 Å². The normalized spacial score (nSPS) is 15.3. The molecule has 0 aromatic heterocycles. The van der Waals surface area contributed by atoms with Crippen LogP contribution in [0.5, 0.6) is 5.75 Å². The number of hydrogen-bond acceptors (Lipinski definition) is 4. The minimum absolute atomic E-state index is 0.0777. The summed E-state index contributed by atoms with van der Waals surface area (Å²) >= 11 is 0. The van der Waals surface area contributed by atoms with E-state index in [1.54, 1.807) is 37.5 Å². The fourth-order valence-electron chi connectivity index (χ4n) is 2.72. The van der Waals surface area contributed by atoms with Crippen molar-refractivity contribution in [2.24, 2.45) is 0 Å². The molecule has 1 aromatic rings. The molecule has 0 amide bonds. The zero-order chi connectivity index (χ0) is 16.8. The lowest BCUT2D eigenvalue weighted by Crippen LogP contribution is -2.18. The second kappa shape index (κ2) is 7.77. The second-order valence-corrected chi connectivity index (χ2v) is 5.62. The maximum absolute atomic E-state index is 12.8. The number of carbonyl (C=O) groups is 2. The first-order valence-electron chi connectivity index (χ1n) is 7.74. The van der Waals surface area contributed by atoms with Gasteiger partial charge in [-0.05, 0) is 62.0 Å². The lowest BCUT2D eigenvalue weighted by molar-refractivity contribution is -0.137. The van der Waals surface area contributed by atoms with E-state index in [-0.39, 0.29) is 11.4 Å². The van der Waals surface area contributed by atoms with E-state index in [1.165, 1.54) is 7.11 Å². The molecular weight excluding hydrogens is 292 g/mol. The summed E-state index contributed by atoms with van der Waals surface area (Å²) in [7, 11) is 2.88. The van der Waals surface area contributed by atoms with E-state index in [9.17, 15) is 9.59 Å². The van der Waals surface area contributed by atoms with Crippen molar-refractivity contribution in [3.8, 4) is 5.75 Å². The van der Waals surface area contributed by atoms with Crippen LogP contribution in [0.4, 0.5) is 0 Å². The summed E-state index contributed by atoms with van der Waals surface area (Å²) in [6, 6.07) is 7.18. The summed E-state index contributed by atoms with van der Waals surface area (Å²) in [6.45, 7) is 1.97. The lowest BCUT2D eigenvalue weighted by Gasteiger charge is -2.17. The van der Waals surface area contributed by atoms with Crippen LogP contribution in [0.15, 0.2) is 41.0 Å². The molecule has 0 aliphatic heterocycles. The number of esters is 1. The number of carbonyl (C=O) groups excluding carboxylic acids is 2. The van der Waals surface area contributed by atoms with E-state index in [4.69, 9.17) is 9.47 Å². The molecule has 4 heteroatoms. The van der Waals surface area contributed by atoms with E-state index in [0.29, 0.717) is 0 Å². The van der Waals surface area contributed by atoms with E-state index in [1.807, 2.05) is 6.92 Å². The number of Topliss-reactive ketones (excluding diaryl/α,β-unsaturated/α-hetero) is 1. The standard InChI is InChI=1S/C19H22O4/c1-13-6-4-5-7-16(13)18(20)17(19(21)23-3)12-14-8-10-15(22-2)11-9-14/h8-12H,4-7H2,1-3H3/b17-12+. The van der Waals surface area contributed by atoms with Gasteiger partial charge in [-0.3, -0.25) is 4.79 Å². The Bertz CT molecular complexity index is 650. The molecule has 0 saturated heterocycles. The van der Waals surface area contributed by atoms with Crippen molar-refractivity contribution in [3.05, 3.63) is 46.5 Å². The molecule has 1 aromatic carbocycles. The van der Waals surface area contributed by atoms with Crippen LogP contribution in [0.2, 0.25) is 0 Å². The summed E-state index contributed by atoms with van der Waals surface area (Å²) < 4.78 is 9.91. The van der Waals surface area contributed by atoms with Crippen molar-refractivity contribution in [2.45, 2.75) is 32.6 Å². The van der Waals surface area contributed by atoms with Crippen molar-refractivity contribution >= 4 is 17.8 Å². The Kier molecular flexibility index (Phi) is 5.74. The Morgan fingerprint density at radius 1 is 1.04 bits per heavy atom. The number of rotatable bonds is 5. The molecule has 2 rings (SSSR count). The topological polar surface area (TPSA) is 52.6 Å². The number of allylic oxidation sites excluding steroid dienone is 2. The molecule has 0 unspecified atom stereocenters. The third kappa shape index (κ3) is 4.09. The number of methoxy groups -OCH3 is 2. The van der Waals surface area contributed by atoms with Gasteiger partial charge in [0, 0.05) is 0 Å². The number of ketones is 1. The van der Waals surface area contributed by atoms with Crippen molar-refractivity contribution in [3.63, 3.8) is 0 Å². The predicted octanol–water partition coefficient (Wildman–Crippen LogP) is 3.71. The Morgan fingerprint density at radius 2 is 1.70 bits per heavy atom. The van der Waals surface area contributed by atoms with Gasteiger partial charge in [0.2, 0.25) is 0 Å². The average Bonchev–Trinajstić information content (AvgIpc) is 2.59. The molecule has 1 aliphatic carbocycles. The SMILES string of the molecule is COC(=O)/C(=C/c1ccc(OC)cc1)C(=O)C1=C(C)CCCC1. The summed E-state index contributed by atoms with van der Waals surface area (Å²) in [5.41, 5.74) is 2.66. The highest BCUT2D eigenvalue weighted by Gasteiger charge is 2.25. The van der Waals surface area contributed by atoms with Gasteiger partial charge in [0.1, 0.15) is 11.3 Å². The molecule has 1 aliphatic rings. The molecule has 0 spiro atoms. The van der Waals surface area contributed by atoms with Crippen LogP contribution in [0.25, 0.3) is 6.08 Å². The minimum Gasteiger partial charge on any atom is -0.497 e. The van der Waals surface area contributed by atoms with Crippen molar-refractivity contribution in [1.29, 1.82) is 0 Å². The van der Waals surface area contributed by atoms with Crippen LogP contribution in [-0.2, 0) is 14.3 Å². The predicted molar refractivity (Wildman–Crippen MR) is 89.2 cm³/mol. The number of ether oxygens (including phenoxy) is 2. The van der Waals surface area contributed by atoms with Crippen LogP contribution < -0.4 is 4.74 Å². The molecule has 0 atom stereocenters. The largest absolute Gasteiger partial charge is 0.497 e. The third-order valence-corrected chi connectivity index (χ3v) is 4.09. The molecule has 0 bridgehead atoms. The Balaban J connectivity index is 2.38. The lowest BCUT2D eigenvalue weighted by atomic mass is 9.87. The van der Waals surface area contributed by atoms with E-state index in [0.717, 1.165) is 48.1 Å². The molecule has 0 fully saturated rings. The quantitative estimate of drug-likeness (QED) is 0.360. The third-order valence-electron chi connectivity index (χ3n) is 4.09. The van der Waals surface area contributed by atoms with E-state index in [2.05, 4.69) is 0 Å². The second-order valence-electron chi connectivity index (χ2n) is 5.62. The van der Waals surface area contributed by atoms with Crippen molar-refractivity contribution in [1.82, 2.24) is 0 Å². The molecule has 0 N–H and O–H groups in total. The van der Waals surface area contributed by atoms with Crippen molar-refractivity contribution < 1.29 is 19.1 Å². The van der Waals surface area contributed by atoms with Gasteiger partial charge in [-0.2, -0.15) is 0 Å². The molecule has 122 valence electrons. The van der Waals surface area contributed by atoms with Crippen molar-refractivity contribution in [2.75, 3.05) is 14.2 Å². The van der Waals surface area contributed by atoms with Gasteiger partial charge in [-0.1, -0.05) is 17.7 Å². The highest BCUT2D eigenvalue weighted by Crippen LogP contribution is 2.28. The van der Waals surface area contributed by atoms with Gasteiger partial charge in [-0.15, -0.1) is 0 Å². The van der Waals surface area contributed by atoms with Crippen LogP contribution in [0, 0.1) is 0 Å². The smallest absolute Gasteiger partial charge is 0.341 e. The van der Waals surface area contributed by atoms with E-state index < -0.39 is 5.97 Å². The highest BCUT2D eigenvalue weighted by molar-refractivity contribution is 6.26. The maximum atomic E-state index is 12.8. The first-order chi connectivity index (χ1) is 11.1. The summed E-state index contributed by atoms with van der Waals surface area (Å²) in [4.78, 5) is 24.9. The average molecular weight is 314 g/mol. The zero-order valence-corrected chi connectivity index (χ0v) is 13.8. The Morgan fingerprint density at radius 3 is 2.26 bits per heavy atom. The van der Waals surface area contributed by atoms with Gasteiger partial charge >= 0.3 is 5.97 Å². The Labute approximate surface area is 136 Å². The molecule has 0 heterocycles. The van der Waals surface area contributed by atoms with Crippen LogP contribution in [0.1, 0.15) is 38.2 Å². The van der Waals surface area contributed by atoms with Gasteiger partial charge < -0.3 is 9.47 Å². The minimum atomic E-state index is -0.600. The van der Waals surface area contributed by atoms with Gasteiger partial charge in [-0.25, -0.2) is 4.79 Å². The Hall–Kier alpha value is -2.36. The van der Waals surface area contributed by atoms with E-state index >= 15 is 0 Å². The molecule has 23 heavy (non-hydrogen) atoms. The van der Waals surface area contributed by atoms with Gasteiger partial charge in [0.15, 0.2) is 5.78 Å². The first-order valence-corrected chi connectivity index (χ1v) is 7.74. The fourth-order valence-corrected chi connectivity index (χ4v) is 2.72. The summed E-state index contributed by atoms with van der Waals surface area (Å²) in [6.07, 6.45) is 5.30. The van der Waals surface area contributed by atoms with Crippen LogP contribution >= 0.6 is 0 Å². The number of benzene rings is 1. The van der Waals surface area contributed by atoms with Crippen LogP contribution in [0.3, 0.4) is 0 Å². The fraction of sp³-hybridized carbons (Fsp3) is 0.368. The summed E-state index contributed by atoms with van der Waals surface area (Å²) in [5, 5.41) is 0. The first kappa shape index (κ1) is 17.0. The van der Waals surface area contributed by atoms with Gasteiger partial charge in [0.05, 0.1) is 14.2 Å². The van der Waals surface area contributed by atoms with Gasteiger partial charge in [0.25, 0.3) is 0 Å². The molecule has 4 nitrogen and oxygen atoms in total. The maximum Gasteiger partial charge on any atom is 0.341 e. The monoisotopic (exact) mass is 314 g/mol. The highest BCUT2D eigenvalue weighted by atomic mass is 16.5. The summed E-state index contributed by atoms with van der Waals surface area (Å²) in [5.74, 6) is -0.0968. The molecule has 0 radical (unpaired) electrons. The molecule has 0 saturated carbocycles. The zero-order valence-electron chi connectivity index (χ0n) is 13.8. The number of hydrogen-bond donors (Lipinski definition) is 0.